The van der Waals surface area contributed by atoms with Gasteiger partial charge in [0, 0.05) is 29.1 Å². The molecule has 2 atom stereocenters. The second-order valence-corrected chi connectivity index (χ2v) is 11.8. The van der Waals surface area contributed by atoms with E-state index >= 15 is 0 Å². The standard InChI is InChI=1S/C30H29F2N5/c1-28(2,3)24-13-17(10-12-34-24)23-15-33-16-25(35-23)30-11-9-19(29(30,4)5)18-14-22(36-37-27(18)30)26-20(31)7-6-8-21(26)32/h6-8,10,12-16,19H,9,11H2,1-5H3/t19-,30-/m0/s1. The second-order valence-electron chi connectivity index (χ2n) is 11.8. The summed E-state index contributed by atoms with van der Waals surface area (Å²) in [5.74, 6) is -1.11. The number of aromatic nitrogens is 5. The highest BCUT2D eigenvalue weighted by molar-refractivity contribution is 5.65. The molecule has 0 radical (unpaired) electrons. The molecular weight excluding hydrogens is 468 g/mol. The Morgan fingerprint density at radius 2 is 1.70 bits per heavy atom. The Balaban J connectivity index is 1.49. The van der Waals surface area contributed by atoms with E-state index in [0.717, 1.165) is 46.7 Å². The third-order valence-electron chi connectivity index (χ3n) is 8.50. The first-order valence-electron chi connectivity index (χ1n) is 12.7. The number of hydrogen-bond donors (Lipinski definition) is 0. The molecule has 1 saturated carbocycles. The lowest BCUT2D eigenvalue weighted by Gasteiger charge is -2.37. The van der Waals surface area contributed by atoms with Crippen LogP contribution in [0.25, 0.3) is 22.5 Å². The van der Waals surface area contributed by atoms with Gasteiger partial charge in [0.2, 0.25) is 0 Å². The largest absolute Gasteiger partial charge is 0.261 e. The van der Waals surface area contributed by atoms with Gasteiger partial charge >= 0.3 is 0 Å². The average molecular weight is 498 g/mol. The van der Waals surface area contributed by atoms with Gasteiger partial charge in [-0.3, -0.25) is 9.97 Å². The van der Waals surface area contributed by atoms with Crippen LogP contribution in [0.5, 0.6) is 0 Å². The van der Waals surface area contributed by atoms with Crippen LogP contribution in [0.1, 0.15) is 76.0 Å². The number of rotatable bonds is 3. The number of pyridine rings is 1. The Kier molecular flexibility index (Phi) is 5.10. The van der Waals surface area contributed by atoms with E-state index in [4.69, 9.17) is 4.98 Å². The zero-order chi connectivity index (χ0) is 26.2. The van der Waals surface area contributed by atoms with Crippen LogP contribution in [0.15, 0.2) is 55.0 Å². The first-order chi connectivity index (χ1) is 17.5. The van der Waals surface area contributed by atoms with Gasteiger partial charge in [-0.05, 0) is 60.1 Å². The van der Waals surface area contributed by atoms with Crippen LogP contribution in [-0.4, -0.2) is 25.1 Å². The number of benzene rings is 1. The summed E-state index contributed by atoms with van der Waals surface area (Å²) >= 11 is 0. The third kappa shape index (κ3) is 3.36. The molecular formula is C30H29F2N5. The number of fused-ring (bicyclic) bond motifs is 5. The lowest BCUT2D eigenvalue weighted by atomic mass is 9.66. The van der Waals surface area contributed by atoms with Gasteiger partial charge < -0.3 is 0 Å². The third-order valence-corrected chi connectivity index (χ3v) is 8.50. The van der Waals surface area contributed by atoms with E-state index < -0.39 is 17.0 Å². The fraction of sp³-hybridized carbons (Fsp3) is 0.367. The summed E-state index contributed by atoms with van der Waals surface area (Å²) in [6, 6.07) is 9.71. The fourth-order valence-electron chi connectivity index (χ4n) is 6.47. The van der Waals surface area contributed by atoms with Crippen molar-refractivity contribution in [2.24, 2.45) is 5.41 Å². The number of hydrogen-bond acceptors (Lipinski definition) is 5. The maximum Gasteiger partial charge on any atom is 0.135 e. The van der Waals surface area contributed by atoms with Gasteiger partial charge in [0.1, 0.15) is 11.6 Å². The minimum atomic E-state index is -0.642. The molecule has 188 valence electrons. The van der Waals surface area contributed by atoms with Crippen LogP contribution in [0.4, 0.5) is 8.78 Å². The Hall–Kier alpha value is -3.61. The summed E-state index contributed by atoms with van der Waals surface area (Å²) in [5, 5.41) is 8.96. The van der Waals surface area contributed by atoms with Gasteiger partial charge in [0.15, 0.2) is 0 Å². The number of nitrogens with zero attached hydrogens (tertiary/aromatic N) is 5. The van der Waals surface area contributed by atoms with Crippen molar-refractivity contribution in [1.82, 2.24) is 25.1 Å². The normalized spacial score (nSPS) is 21.8. The van der Waals surface area contributed by atoms with E-state index in [1.807, 2.05) is 24.5 Å². The van der Waals surface area contributed by atoms with Gasteiger partial charge in [-0.25, -0.2) is 13.8 Å². The maximum atomic E-state index is 14.5. The summed E-state index contributed by atoms with van der Waals surface area (Å²) < 4.78 is 29.1. The predicted octanol–water partition coefficient (Wildman–Crippen LogP) is 6.77. The molecule has 0 aliphatic heterocycles. The minimum Gasteiger partial charge on any atom is -0.261 e. The Morgan fingerprint density at radius 3 is 2.43 bits per heavy atom. The molecule has 0 spiro atoms. The highest BCUT2D eigenvalue weighted by Crippen LogP contribution is 2.69. The molecule has 7 heteroatoms. The monoisotopic (exact) mass is 497 g/mol. The number of halogens is 2. The molecule has 2 aliphatic carbocycles. The van der Waals surface area contributed by atoms with Crippen molar-refractivity contribution in [3.63, 3.8) is 0 Å². The van der Waals surface area contributed by atoms with Crippen LogP contribution in [0.2, 0.25) is 0 Å². The van der Waals surface area contributed by atoms with Gasteiger partial charge in [-0.2, -0.15) is 5.10 Å². The zero-order valence-electron chi connectivity index (χ0n) is 21.7. The highest BCUT2D eigenvalue weighted by Gasteiger charge is 2.65. The average Bonchev–Trinajstić information content (AvgIpc) is 3.24. The summed E-state index contributed by atoms with van der Waals surface area (Å²) in [6.45, 7) is 10.9. The highest BCUT2D eigenvalue weighted by atomic mass is 19.1. The van der Waals surface area contributed by atoms with Crippen LogP contribution < -0.4 is 0 Å². The van der Waals surface area contributed by atoms with Gasteiger partial charge in [0.05, 0.1) is 40.0 Å². The maximum absolute atomic E-state index is 14.5. The summed E-state index contributed by atoms with van der Waals surface area (Å²) in [4.78, 5) is 14.3. The first kappa shape index (κ1) is 23.8. The lowest BCUT2D eigenvalue weighted by molar-refractivity contribution is 0.242. The fourth-order valence-corrected chi connectivity index (χ4v) is 6.47. The van der Waals surface area contributed by atoms with Crippen molar-refractivity contribution in [2.45, 2.75) is 64.2 Å². The van der Waals surface area contributed by atoms with Crippen molar-refractivity contribution in [3.05, 3.63) is 89.3 Å². The Morgan fingerprint density at radius 1 is 0.946 bits per heavy atom. The van der Waals surface area contributed by atoms with Crippen LogP contribution in [-0.2, 0) is 10.8 Å². The summed E-state index contributed by atoms with van der Waals surface area (Å²) in [7, 11) is 0. The molecule has 0 N–H and O–H groups in total. The Labute approximate surface area is 215 Å². The molecule has 1 aromatic carbocycles. The van der Waals surface area contributed by atoms with Gasteiger partial charge in [-0.15, -0.1) is 5.10 Å². The smallest absolute Gasteiger partial charge is 0.135 e. The molecule has 4 aromatic rings. The van der Waals surface area contributed by atoms with Crippen molar-refractivity contribution >= 4 is 0 Å². The molecule has 3 aromatic heterocycles. The van der Waals surface area contributed by atoms with E-state index in [1.54, 1.807) is 6.20 Å². The van der Waals surface area contributed by atoms with Crippen LogP contribution in [0, 0.1) is 17.0 Å². The Bertz CT molecular complexity index is 1520. The molecule has 0 amide bonds. The quantitative estimate of drug-likeness (QED) is 0.312. The molecule has 3 heterocycles. The van der Waals surface area contributed by atoms with E-state index in [9.17, 15) is 8.78 Å². The molecule has 1 fully saturated rings. The molecule has 6 rings (SSSR count). The van der Waals surface area contributed by atoms with Crippen molar-refractivity contribution in [3.8, 4) is 22.5 Å². The van der Waals surface area contributed by atoms with E-state index in [0.29, 0.717) is 0 Å². The zero-order valence-corrected chi connectivity index (χ0v) is 21.7. The predicted molar refractivity (Wildman–Crippen MR) is 138 cm³/mol. The summed E-state index contributed by atoms with van der Waals surface area (Å²) in [5.41, 5.74) is 4.70. The molecule has 37 heavy (non-hydrogen) atoms. The molecule has 5 nitrogen and oxygen atoms in total. The first-order valence-corrected chi connectivity index (χ1v) is 12.7. The second kappa shape index (κ2) is 7.94. The van der Waals surface area contributed by atoms with Crippen LogP contribution >= 0.6 is 0 Å². The minimum absolute atomic E-state index is 0.0875. The molecule has 0 unspecified atom stereocenters. The topological polar surface area (TPSA) is 64.5 Å². The van der Waals surface area contributed by atoms with E-state index in [1.165, 1.54) is 18.2 Å². The SMILES string of the molecule is CC(C)(C)c1cc(-c2cncc([C@@]34CC[C@@H](c5cc(-c6c(F)cccc6F)nnc53)C4(C)C)n2)ccn1. The van der Waals surface area contributed by atoms with Gasteiger partial charge in [-0.1, -0.05) is 40.7 Å². The van der Waals surface area contributed by atoms with Gasteiger partial charge in [0.25, 0.3) is 0 Å². The van der Waals surface area contributed by atoms with Crippen LogP contribution in [0.3, 0.4) is 0 Å². The van der Waals surface area contributed by atoms with Crippen molar-refractivity contribution in [2.75, 3.05) is 0 Å². The van der Waals surface area contributed by atoms with Crippen molar-refractivity contribution < 1.29 is 8.78 Å². The lowest BCUT2D eigenvalue weighted by Crippen LogP contribution is -2.38. The molecule has 2 bridgehead atoms. The van der Waals surface area contributed by atoms with Crippen molar-refractivity contribution in [1.29, 1.82) is 0 Å². The summed E-state index contributed by atoms with van der Waals surface area (Å²) in [6.07, 6.45) is 7.23. The molecule has 0 saturated heterocycles. The van der Waals surface area contributed by atoms with E-state index in [-0.39, 0.29) is 28.0 Å². The van der Waals surface area contributed by atoms with E-state index in [2.05, 4.69) is 60.9 Å². The molecule has 2 aliphatic rings.